The summed E-state index contributed by atoms with van der Waals surface area (Å²) < 4.78 is 5.65. The smallest absolute Gasteiger partial charge is 0.415 e. The van der Waals surface area contributed by atoms with Crippen molar-refractivity contribution < 1.29 is 19.4 Å². The van der Waals surface area contributed by atoms with Crippen molar-refractivity contribution in [3.63, 3.8) is 0 Å². The average Bonchev–Trinajstić information content (AvgIpc) is 2.60. The number of carbonyl (C=O) groups is 2. The van der Waals surface area contributed by atoms with Crippen molar-refractivity contribution in [3.8, 4) is 5.75 Å². The third-order valence-electron chi connectivity index (χ3n) is 4.84. The first kappa shape index (κ1) is 21.1. The molecule has 1 aromatic carbocycles. The molecule has 1 aliphatic rings. The van der Waals surface area contributed by atoms with Crippen LogP contribution in [0.2, 0.25) is 0 Å². The highest BCUT2D eigenvalue weighted by atomic mass is 16.6. The van der Waals surface area contributed by atoms with E-state index >= 15 is 0 Å². The van der Waals surface area contributed by atoms with Crippen molar-refractivity contribution in [1.82, 2.24) is 4.90 Å². The fourth-order valence-electron chi connectivity index (χ4n) is 3.64. The number of ether oxygens (including phenoxy) is 1. The molecule has 0 aliphatic heterocycles. The average molecular weight is 376 g/mol. The second-order valence-corrected chi connectivity index (χ2v) is 7.95. The van der Waals surface area contributed by atoms with Crippen LogP contribution in [0.5, 0.6) is 5.75 Å². The fourth-order valence-corrected chi connectivity index (χ4v) is 3.64. The third-order valence-corrected chi connectivity index (χ3v) is 4.84. The van der Waals surface area contributed by atoms with E-state index in [4.69, 9.17) is 4.74 Å². The largest absolute Gasteiger partial charge is 0.465 e. The monoisotopic (exact) mass is 376 g/mol. The van der Waals surface area contributed by atoms with E-state index in [1.165, 1.54) is 11.3 Å². The molecule has 1 fully saturated rings. The molecule has 2 amide bonds. The molecule has 0 aromatic heterocycles. The van der Waals surface area contributed by atoms with E-state index in [1.807, 2.05) is 4.90 Å². The van der Waals surface area contributed by atoms with Crippen LogP contribution in [0, 0.1) is 5.92 Å². The minimum atomic E-state index is -1.03. The molecule has 1 saturated carbocycles. The van der Waals surface area contributed by atoms with Gasteiger partial charge in [-0.2, -0.15) is 0 Å². The number of benzene rings is 1. The van der Waals surface area contributed by atoms with E-state index in [9.17, 15) is 14.7 Å². The Morgan fingerprint density at radius 1 is 1.15 bits per heavy atom. The second kappa shape index (κ2) is 9.62. The lowest BCUT2D eigenvalue weighted by Gasteiger charge is -2.34. The molecule has 2 rings (SSSR count). The lowest BCUT2D eigenvalue weighted by molar-refractivity contribution is 0.110. The number of anilines is 1. The zero-order chi connectivity index (χ0) is 20.0. The molecule has 27 heavy (non-hydrogen) atoms. The lowest BCUT2D eigenvalue weighted by atomic mass is 9.94. The summed E-state index contributed by atoms with van der Waals surface area (Å²) >= 11 is 0. The van der Waals surface area contributed by atoms with Gasteiger partial charge in [-0.3, -0.25) is 4.90 Å². The van der Waals surface area contributed by atoms with Gasteiger partial charge in [0.1, 0.15) is 5.75 Å². The van der Waals surface area contributed by atoms with Crippen LogP contribution in [-0.4, -0.2) is 40.8 Å². The molecule has 1 aromatic rings. The summed E-state index contributed by atoms with van der Waals surface area (Å²) in [6.45, 7) is 8.46. The number of hydrogen-bond donors (Lipinski definition) is 1. The predicted octanol–water partition coefficient (Wildman–Crippen LogP) is 5.37. The van der Waals surface area contributed by atoms with E-state index in [0.29, 0.717) is 23.9 Å². The predicted molar refractivity (Wildman–Crippen MR) is 107 cm³/mol. The van der Waals surface area contributed by atoms with Crippen LogP contribution >= 0.6 is 0 Å². The molecule has 0 atom stereocenters. The van der Waals surface area contributed by atoms with Gasteiger partial charge in [0.2, 0.25) is 0 Å². The number of hydrogen-bond acceptors (Lipinski definition) is 3. The Balaban J connectivity index is 2.16. The molecule has 1 N–H and O–H groups in total. The Labute approximate surface area is 162 Å². The van der Waals surface area contributed by atoms with Crippen molar-refractivity contribution in [2.75, 3.05) is 11.4 Å². The maximum atomic E-state index is 12.9. The molecule has 0 spiro atoms. The summed E-state index contributed by atoms with van der Waals surface area (Å²) in [5, 5.41) is 9.44. The number of rotatable bonds is 6. The molecule has 150 valence electrons. The van der Waals surface area contributed by atoms with E-state index in [0.717, 1.165) is 25.7 Å². The maximum absolute atomic E-state index is 12.9. The van der Waals surface area contributed by atoms with E-state index in [-0.39, 0.29) is 18.2 Å². The Morgan fingerprint density at radius 2 is 1.81 bits per heavy atom. The molecular weight excluding hydrogens is 344 g/mol. The Hall–Kier alpha value is -2.24. The molecule has 1 aliphatic carbocycles. The first-order valence-corrected chi connectivity index (χ1v) is 9.90. The van der Waals surface area contributed by atoms with Gasteiger partial charge < -0.3 is 14.7 Å². The Bertz CT molecular complexity index is 639. The van der Waals surface area contributed by atoms with Crippen LogP contribution in [0.4, 0.5) is 15.3 Å². The van der Waals surface area contributed by atoms with Crippen LogP contribution in [0.1, 0.15) is 59.8 Å². The van der Waals surface area contributed by atoms with Crippen molar-refractivity contribution in [1.29, 1.82) is 0 Å². The standard InChI is InChI=1S/C21H32N2O4/c1-15(2)14-22(17-9-6-5-7-10-17)21(26)27-19-12-8-11-18(13-19)23(16(3)4)20(24)25/h8,11-13,15-17H,5-7,9-10,14H2,1-4H3,(H,24,25). The van der Waals surface area contributed by atoms with Gasteiger partial charge in [0.05, 0.1) is 5.69 Å². The van der Waals surface area contributed by atoms with Gasteiger partial charge in [-0.15, -0.1) is 0 Å². The van der Waals surface area contributed by atoms with Gasteiger partial charge in [-0.05, 0) is 44.7 Å². The van der Waals surface area contributed by atoms with Gasteiger partial charge >= 0.3 is 12.2 Å². The van der Waals surface area contributed by atoms with E-state index in [1.54, 1.807) is 38.1 Å². The van der Waals surface area contributed by atoms with Gasteiger partial charge in [0, 0.05) is 24.7 Å². The lowest BCUT2D eigenvalue weighted by Crippen LogP contribution is -2.45. The van der Waals surface area contributed by atoms with Crippen molar-refractivity contribution in [2.24, 2.45) is 5.92 Å². The summed E-state index contributed by atoms with van der Waals surface area (Å²) in [4.78, 5) is 27.5. The zero-order valence-electron chi connectivity index (χ0n) is 16.9. The summed E-state index contributed by atoms with van der Waals surface area (Å²) in [5.41, 5.74) is 0.496. The highest BCUT2D eigenvalue weighted by Crippen LogP contribution is 2.27. The summed E-state index contributed by atoms with van der Waals surface area (Å²) in [6, 6.07) is 6.73. The second-order valence-electron chi connectivity index (χ2n) is 7.95. The number of amides is 2. The molecular formula is C21H32N2O4. The summed E-state index contributed by atoms with van der Waals surface area (Å²) in [5.74, 6) is 0.725. The first-order chi connectivity index (χ1) is 12.8. The Morgan fingerprint density at radius 3 is 2.37 bits per heavy atom. The molecule has 6 nitrogen and oxygen atoms in total. The quantitative estimate of drug-likeness (QED) is 0.725. The topological polar surface area (TPSA) is 70.1 Å². The minimum absolute atomic E-state index is 0.215. The highest BCUT2D eigenvalue weighted by molar-refractivity contribution is 5.87. The molecule has 0 unspecified atom stereocenters. The van der Waals surface area contributed by atoms with Gasteiger partial charge in [-0.25, -0.2) is 9.59 Å². The van der Waals surface area contributed by atoms with Gasteiger partial charge in [-0.1, -0.05) is 39.2 Å². The van der Waals surface area contributed by atoms with E-state index in [2.05, 4.69) is 13.8 Å². The molecule has 0 radical (unpaired) electrons. The molecule has 0 saturated heterocycles. The SMILES string of the molecule is CC(C)CN(C(=O)Oc1cccc(N(C(=O)O)C(C)C)c1)C1CCCCC1. The molecule has 0 heterocycles. The van der Waals surface area contributed by atoms with Crippen LogP contribution < -0.4 is 9.64 Å². The first-order valence-electron chi connectivity index (χ1n) is 9.90. The van der Waals surface area contributed by atoms with Gasteiger partial charge in [0.15, 0.2) is 0 Å². The maximum Gasteiger partial charge on any atom is 0.415 e. The number of carboxylic acid groups (broad SMARTS) is 1. The minimum Gasteiger partial charge on any atom is -0.465 e. The van der Waals surface area contributed by atoms with Crippen molar-refractivity contribution in [2.45, 2.75) is 71.9 Å². The van der Waals surface area contributed by atoms with Crippen molar-refractivity contribution >= 4 is 17.9 Å². The van der Waals surface area contributed by atoms with Crippen molar-refractivity contribution in [3.05, 3.63) is 24.3 Å². The molecule has 0 bridgehead atoms. The molecule has 6 heteroatoms. The van der Waals surface area contributed by atoms with Crippen LogP contribution in [0.15, 0.2) is 24.3 Å². The normalized spacial score (nSPS) is 15.0. The van der Waals surface area contributed by atoms with Crippen LogP contribution in [-0.2, 0) is 0 Å². The van der Waals surface area contributed by atoms with Gasteiger partial charge in [0.25, 0.3) is 0 Å². The third kappa shape index (κ3) is 5.88. The summed E-state index contributed by atoms with van der Waals surface area (Å²) in [7, 11) is 0. The summed E-state index contributed by atoms with van der Waals surface area (Å²) in [6.07, 6.45) is 4.16. The van der Waals surface area contributed by atoms with Crippen LogP contribution in [0.3, 0.4) is 0 Å². The van der Waals surface area contributed by atoms with Crippen LogP contribution in [0.25, 0.3) is 0 Å². The highest BCUT2D eigenvalue weighted by Gasteiger charge is 2.28. The number of nitrogens with zero attached hydrogens (tertiary/aromatic N) is 2. The Kier molecular flexibility index (Phi) is 7.51. The fraction of sp³-hybridized carbons (Fsp3) is 0.619. The van der Waals surface area contributed by atoms with E-state index < -0.39 is 6.09 Å². The zero-order valence-corrected chi connectivity index (χ0v) is 16.9. The number of carbonyl (C=O) groups excluding carboxylic acids is 1.